The Bertz CT molecular complexity index is 957. The predicted molar refractivity (Wildman–Crippen MR) is 99.2 cm³/mol. The van der Waals surface area contributed by atoms with Gasteiger partial charge < -0.3 is 5.32 Å². The molecule has 3 rings (SSSR count). The lowest BCUT2D eigenvalue weighted by Gasteiger charge is -2.17. The number of nitrogens with one attached hydrogen (secondary N) is 2. The summed E-state index contributed by atoms with van der Waals surface area (Å²) in [5, 5.41) is 25.6. The van der Waals surface area contributed by atoms with Crippen LogP contribution in [0.1, 0.15) is 58.8 Å². The second kappa shape index (κ2) is 6.01. The van der Waals surface area contributed by atoms with Gasteiger partial charge in [0.25, 0.3) is 5.82 Å². The van der Waals surface area contributed by atoms with E-state index < -0.39 is 0 Å². The summed E-state index contributed by atoms with van der Waals surface area (Å²) < 4.78 is 1.64. The minimum atomic E-state index is -0.159. The van der Waals surface area contributed by atoms with Crippen LogP contribution < -0.4 is 5.32 Å². The molecule has 0 fully saturated rings. The van der Waals surface area contributed by atoms with E-state index in [-0.39, 0.29) is 10.8 Å². The molecule has 26 heavy (non-hydrogen) atoms. The highest BCUT2D eigenvalue weighted by molar-refractivity contribution is 5.68. The fourth-order valence-electron chi connectivity index (χ4n) is 2.81. The zero-order valence-corrected chi connectivity index (χ0v) is 16.5. The largest absolute Gasteiger partial charge is 0.441 e. The average Bonchev–Trinajstić information content (AvgIpc) is 3.15. The van der Waals surface area contributed by atoms with Crippen LogP contribution in [0.2, 0.25) is 0 Å². The van der Waals surface area contributed by atoms with Gasteiger partial charge in [0, 0.05) is 10.8 Å². The molecule has 0 aliphatic rings. The molecular formula is C17H27N9. The maximum atomic E-state index is 4.49. The number of azo groups is 1. The first kappa shape index (κ1) is 18.2. The van der Waals surface area contributed by atoms with E-state index in [4.69, 9.17) is 0 Å². The zero-order valence-electron chi connectivity index (χ0n) is 16.5. The van der Waals surface area contributed by atoms with Crippen LogP contribution in [-0.2, 0) is 10.8 Å². The third kappa shape index (κ3) is 3.14. The van der Waals surface area contributed by atoms with Crippen LogP contribution >= 0.6 is 0 Å². The number of aryl methyl sites for hydroxylation is 1. The van der Waals surface area contributed by atoms with Crippen LogP contribution in [0.5, 0.6) is 0 Å². The van der Waals surface area contributed by atoms with Gasteiger partial charge in [0.1, 0.15) is 11.5 Å². The Morgan fingerprint density at radius 2 is 1.69 bits per heavy atom. The lowest BCUT2D eigenvalue weighted by Crippen LogP contribution is -2.70. The van der Waals surface area contributed by atoms with Gasteiger partial charge in [0.05, 0.1) is 5.69 Å². The molecule has 0 aliphatic carbocycles. The van der Waals surface area contributed by atoms with Crippen molar-refractivity contribution < 1.29 is 5.32 Å². The minimum absolute atomic E-state index is 0.0909. The smallest absolute Gasteiger partial charge is 0.253 e. The van der Waals surface area contributed by atoms with Crippen LogP contribution in [-0.4, -0.2) is 30.0 Å². The summed E-state index contributed by atoms with van der Waals surface area (Å²) in [6.45, 7) is 14.5. The van der Waals surface area contributed by atoms with Gasteiger partial charge in [-0.1, -0.05) is 41.5 Å². The molecule has 0 saturated carbocycles. The summed E-state index contributed by atoms with van der Waals surface area (Å²) in [4.78, 5) is 4.47. The van der Waals surface area contributed by atoms with Crippen LogP contribution in [0.15, 0.2) is 10.2 Å². The van der Waals surface area contributed by atoms with E-state index in [1.165, 1.54) is 0 Å². The van der Waals surface area contributed by atoms with Crippen molar-refractivity contribution in [3.05, 3.63) is 24.3 Å². The van der Waals surface area contributed by atoms with Gasteiger partial charge in [0.2, 0.25) is 5.65 Å². The summed E-state index contributed by atoms with van der Waals surface area (Å²) in [6.07, 6.45) is 0. The number of aromatic amines is 2. The Hall–Kier alpha value is -2.55. The number of rotatable bonds is 3. The Kier molecular flexibility index (Phi) is 4.22. The average molecular weight is 357 g/mol. The summed E-state index contributed by atoms with van der Waals surface area (Å²) in [5.41, 5.74) is 3.84. The Labute approximate surface area is 152 Å². The van der Waals surface area contributed by atoms with Crippen LogP contribution in [0, 0.1) is 14.0 Å². The van der Waals surface area contributed by atoms with Gasteiger partial charge in [-0.3, -0.25) is 10.2 Å². The normalized spacial score (nSPS) is 13.4. The van der Waals surface area contributed by atoms with E-state index >= 15 is 0 Å². The van der Waals surface area contributed by atoms with E-state index in [2.05, 4.69) is 84.2 Å². The van der Waals surface area contributed by atoms with Crippen molar-refractivity contribution in [3.8, 4) is 0 Å². The topological polar surface area (TPSA) is 116 Å². The fourth-order valence-corrected chi connectivity index (χ4v) is 2.81. The van der Waals surface area contributed by atoms with Crippen LogP contribution in [0.3, 0.4) is 0 Å². The predicted octanol–water partition coefficient (Wildman–Crippen LogP) is 3.09. The molecule has 140 valence electrons. The molecule has 0 atom stereocenters. The van der Waals surface area contributed by atoms with Crippen molar-refractivity contribution in [1.82, 2.24) is 30.0 Å². The fraction of sp³-hybridized carbons (Fsp3) is 0.529. The maximum Gasteiger partial charge on any atom is 0.253 e. The molecule has 0 aromatic carbocycles. The van der Waals surface area contributed by atoms with E-state index in [0.717, 1.165) is 17.1 Å². The summed E-state index contributed by atoms with van der Waals surface area (Å²) in [5.74, 6) is 1.19. The molecule has 0 spiro atoms. The zero-order chi connectivity index (χ0) is 19.3. The lowest BCUT2D eigenvalue weighted by molar-refractivity contribution is -0.504. The van der Waals surface area contributed by atoms with Crippen LogP contribution in [0.4, 0.5) is 17.2 Å². The number of aromatic nitrogens is 6. The number of hydrogen-bond acceptors (Lipinski definition) is 5. The molecule has 3 heterocycles. The van der Waals surface area contributed by atoms with Gasteiger partial charge >= 0.3 is 0 Å². The lowest BCUT2D eigenvalue weighted by atomic mass is 9.91. The van der Waals surface area contributed by atoms with E-state index in [1.54, 1.807) is 9.95 Å². The molecule has 3 aromatic heterocycles. The van der Waals surface area contributed by atoms with Crippen molar-refractivity contribution in [1.29, 1.82) is 0 Å². The minimum Gasteiger partial charge on any atom is -0.441 e. The molecule has 9 nitrogen and oxygen atoms in total. The van der Waals surface area contributed by atoms with Crippen molar-refractivity contribution in [3.63, 3.8) is 0 Å². The maximum absolute atomic E-state index is 4.49. The monoisotopic (exact) mass is 357 g/mol. The third-order valence-corrected chi connectivity index (χ3v) is 4.11. The highest BCUT2D eigenvalue weighted by Crippen LogP contribution is 2.36. The number of hydrogen-bond donors (Lipinski definition) is 3. The molecule has 0 bridgehead atoms. The quantitative estimate of drug-likeness (QED) is 0.494. The molecule has 0 unspecified atom stereocenters. The van der Waals surface area contributed by atoms with Crippen molar-refractivity contribution in [2.24, 2.45) is 10.2 Å². The molecule has 3 aromatic rings. The first-order valence-corrected chi connectivity index (χ1v) is 8.61. The first-order valence-electron chi connectivity index (χ1n) is 8.61. The SMILES string of the molecule is [CH2-][NH2+]c1c(N=Nc2c(C(C)(C)C)[nH]n3nc(C)nc23)n[nH]c1C(C)(C)C. The second-order valence-corrected chi connectivity index (χ2v) is 8.47. The number of nitrogens with zero attached hydrogens (tertiary/aromatic N) is 6. The van der Waals surface area contributed by atoms with Gasteiger partial charge in [-0.2, -0.15) is 4.63 Å². The molecule has 4 N–H and O–H groups in total. The number of quaternary nitrogens is 1. The van der Waals surface area contributed by atoms with E-state index in [9.17, 15) is 0 Å². The molecule has 0 saturated heterocycles. The second-order valence-electron chi connectivity index (χ2n) is 8.47. The third-order valence-electron chi connectivity index (χ3n) is 4.11. The number of H-pyrrole nitrogens is 2. The molecule has 0 aliphatic heterocycles. The van der Waals surface area contributed by atoms with Crippen molar-refractivity contribution in [2.75, 3.05) is 0 Å². The van der Waals surface area contributed by atoms with Gasteiger partial charge in [-0.15, -0.1) is 27.5 Å². The number of fused-ring (bicyclic) bond motifs is 1. The Balaban J connectivity index is 2.10. The highest BCUT2D eigenvalue weighted by atomic mass is 15.5. The van der Waals surface area contributed by atoms with Crippen molar-refractivity contribution in [2.45, 2.75) is 59.3 Å². The van der Waals surface area contributed by atoms with Gasteiger partial charge in [0.15, 0.2) is 11.4 Å². The summed E-state index contributed by atoms with van der Waals surface area (Å²) in [6, 6.07) is 0. The molecule has 0 amide bonds. The van der Waals surface area contributed by atoms with E-state index in [1.807, 2.05) is 6.92 Å². The Morgan fingerprint density at radius 3 is 2.27 bits per heavy atom. The van der Waals surface area contributed by atoms with Gasteiger partial charge in [-0.05, 0) is 6.92 Å². The summed E-state index contributed by atoms with van der Waals surface area (Å²) in [7, 11) is 3.90. The van der Waals surface area contributed by atoms with Crippen molar-refractivity contribution >= 4 is 22.8 Å². The summed E-state index contributed by atoms with van der Waals surface area (Å²) >= 11 is 0. The van der Waals surface area contributed by atoms with Gasteiger partial charge in [-0.25, -0.2) is 4.98 Å². The number of nitrogens with two attached hydrogens (primary N) is 1. The Morgan fingerprint density at radius 1 is 1.04 bits per heavy atom. The molecule has 0 radical (unpaired) electrons. The first-order chi connectivity index (χ1) is 12.0. The van der Waals surface area contributed by atoms with E-state index in [0.29, 0.717) is 23.0 Å². The van der Waals surface area contributed by atoms with Crippen LogP contribution in [0.25, 0.3) is 5.65 Å². The standard InChI is InChI=1S/C17H27N9/c1-9-19-15-11(13(17(5,6)7)25-26(15)24-9)20-22-14-10(18-8)12(21-23-14)16(2,3)4/h25H,8,18H2,1-7H3,(H,21,23). The molecular weight excluding hydrogens is 330 g/mol. The molecule has 9 heteroatoms. The highest BCUT2D eigenvalue weighted by Gasteiger charge is 2.27.